The predicted octanol–water partition coefficient (Wildman–Crippen LogP) is 2.75. The molecule has 1 aromatic carbocycles. The Morgan fingerprint density at radius 2 is 1.91 bits per heavy atom. The van der Waals surface area contributed by atoms with Crippen LogP contribution in [-0.2, 0) is 9.59 Å². The molecule has 0 N–H and O–H groups in total. The maximum absolute atomic E-state index is 12.9. The second-order valence-corrected chi connectivity index (χ2v) is 6.69. The van der Waals surface area contributed by atoms with Crippen LogP contribution >= 0.6 is 0 Å². The molecule has 1 aromatic rings. The third-order valence-electron chi connectivity index (χ3n) is 4.78. The summed E-state index contributed by atoms with van der Waals surface area (Å²) in [6.45, 7) is 5.87. The summed E-state index contributed by atoms with van der Waals surface area (Å²) in [5, 5.41) is 0. The molecule has 0 radical (unpaired) electrons. The van der Waals surface area contributed by atoms with Crippen molar-refractivity contribution in [2.75, 3.05) is 18.0 Å². The van der Waals surface area contributed by atoms with Crippen molar-refractivity contribution in [2.45, 2.75) is 45.6 Å². The molecule has 0 spiro atoms. The zero-order chi connectivity index (χ0) is 15.7. The van der Waals surface area contributed by atoms with Gasteiger partial charge in [0.1, 0.15) is 6.04 Å². The number of benzene rings is 1. The zero-order valence-corrected chi connectivity index (χ0v) is 13.4. The van der Waals surface area contributed by atoms with Crippen molar-refractivity contribution in [1.82, 2.24) is 4.90 Å². The molecule has 2 unspecified atom stereocenters. The molecule has 3 rings (SSSR count). The Balaban J connectivity index is 1.81. The number of carbonyl (C=O) groups is 2. The molecule has 2 atom stereocenters. The van der Waals surface area contributed by atoms with Gasteiger partial charge >= 0.3 is 0 Å². The van der Waals surface area contributed by atoms with E-state index < -0.39 is 0 Å². The highest BCUT2D eigenvalue weighted by molar-refractivity contribution is 6.03. The SMILES string of the molecule is Cc1ccc(N2C(=O)CCC2C(=O)N2CCCC(C)C2)cc1. The number of hydrogen-bond acceptors (Lipinski definition) is 2. The van der Waals surface area contributed by atoms with Crippen molar-refractivity contribution >= 4 is 17.5 Å². The summed E-state index contributed by atoms with van der Waals surface area (Å²) >= 11 is 0. The van der Waals surface area contributed by atoms with Crippen LogP contribution in [0.1, 0.15) is 38.2 Å². The summed E-state index contributed by atoms with van der Waals surface area (Å²) < 4.78 is 0. The van der Waals surface area contributed by atoms with Gasteiger partial charge in [-0.1, -0.05) is 24.6 Å². The molecule has 22 heavy (non-hydrogen) atoms. The van der Waals surface area contributed by atoms with Crippen LogP contribution in [0.15, 0.2) is 24.3 Å². The first kappa shape index (κ1) is 15.1. The fourth-order valence-electron chi connectivity index (χ4n) is 3.55. The predicted molar refractivity (Wildman–Crippen MR) is 86.7 cm³/mol. The molecule has 0 aromatic heterocycles. The second kappa shape index (κ2) is 6.11. The van der Waals surface area contributed by atoms with Crippen LogP contribution in [0.4, 0.5) is 5.69 Å². The lowest BCUT2D eigenvalue weighted by Gasteiger charge is -2.35. The van der Waals surface area contributed by atoms with Crippen molar-refractivity contribution < 1.29 is 9.59 Å². The van der Waals surface area contributed by atoms with Gasteiger partial charge in [-0.2, -0.15) is 0 Å². The van der Waals surface area contributed by atoms with Gasteiger partial charge in [0.05, 0.1) is 0 Å². The molecular weight excluding hydrogens is 276 g/mol. The molecular formula is C18H24N2O2. The van der Waals surface area contributed by atoms with Gasteiger partial charge in [-0.3, -0.25) is 14.5 Å². The zero-order valence-electron chi connectivity index (χ0n) is 13.4. The molecule has 0 aliphatic carbocycles. The number of aryl methyl sites for hydroxylation is 1. The summed E-state index contributed by atoms with van der Waals surface area (Å²) in [6.07, 6.45) is 3.36. The molecule has 2 heterocycles. The van der Waals surface area contributed by atoms with E-state index in [-0.39, 0.29) is 17.9 Å². The Morgan fingerprint density at radius 3 is 2.59 bits per heavy atom. The fraction of sp³-hybridized carbons (Fsp3) is 0.556. The smallest absolute Gasteiger partial charge is 0.245 e. The lowest BCUT2D eigenvalue weighted by molar-refractivity contribution is -0.134. The van der Waals surface area contributed by atoms with E-state index in [2.05, 4.69) is 6.92 Å². The van der Waals surface area contributed by atoms with E-state index in [9.17, 15) is 9.59 Å². The minimum absolute atomic E-state index is 0.0623. The topological polar surface area (TPSA) is 40.6 Å². The molecule has 0 bridgehead atoms. The molecule has 2 aliphatic heterocycles. The monoisotopic (exact) mass is 300 g/mol. The highest BCUT2D eigenvalue weighted by Crippen LogP contribution is 2.29. The van der Waals surface area contributed by atoms with Gasteiger partial charge in [-0.05, 0) is 44.2 Å². The van der Waals surface area contributed by atoms with Crippen LogP contribution in [0.25, 0.3) is 0 Å². The van der Waals surface area contributed by atoms with E-state index in [0.717, 1.165) is 30.8 Å². The average Bonchev–Trinajstić information content (AvgIpc) is 2.89. The van der Waals surface area contributed by atoms with Gasteiger partial charge in [-0.25, -0.2) is 0 Å². The molecule has 2 amide bonds. The number of nitrogens with zero attached hydrogens (tertiary/aromatic N) is 2. The third-order valence-corrected chi connectivity index (χ3v) is 4.78. The Bertz CT molecular complexity index is 567. The molecule has 4 heteroatoms. The van der Waals surface area contributed by atoms with Crippen molar-refractivity contribution in [3.8, 4) is 0 Å². The Hall–Kier alpha value is -1.84. The number of rotatable bonds is 2. The minimum atomic E-state index is -0.319. The summed E-state index contributed by atoms with van der Waals surface area (Å²) in [6, 6.07) is 7.55. The molecule has 2 aliphatic rings. The van der Waals surface area contributed by atoms with Crippen molar-refractivity contribution in [3.05, 3.63) is 29.8 Å². The van der Waals surface area contributed by atoms with E-state index in [0.29, 0.717) is 18.8 Å². The lowest BCUT2D eigenvalue weighted by Crippen LogP contribution is -2.49. The minimum Gasteiger partial charge on any atom is -0.341 e. The van der Waals surface area contributed by atoms with E-state index >= 15 is 0 Å². The summed E-state index contributed by atoms with van der Waals surface area (Å²) in [4.78, 5) is 28.8. The number of hydrogen-bond donors (Lipinski definition) is 0. The Morgan fingerprint density at radius 1 is 1.18 bits per heavy atom. The molecule has 2 fully saturated rings. The summed E-state index contributed by atoms with van der Waals surface area (Å²) in [5.74, 6) is 0.743. The van der Waals surface area contributed by atoms with Crippen molar-refractivity contribution in [2.24, 2.45) is 5.92 Å². The van der Waals surface area contributed by atoms with Gasteiger partial charge < -0.3 is 4.90 Å². The van der Waals surface area contributed by atoms with E-state index in [1.54, 1.807) is 4.90 Å². The first-order valence-corrected chi connectivity index (χ1v) is 8.24. The van der Waals surface area contributed by atoms with Crippen LogP contribution < -0.4 is 4.90 Å². The number of piperidine rings is 1. The average molecular weight is 300 g/mol. The van der Waals surface area contributed by atoms with E-state index in [1.165, 1.54) is 6.42 Å². The van der Waals surface area contributed by atoms with Crippen molar-refractivity contribution in [3.63, 3.8) is 0 Å². The van der Waals surface area contributed by atoms with Gasteiger partial charge in [0.25, 0.3) is 0 Å². The summed E-state index contributed by atoms with van der Waals surface area (Å²) in [7, 11) is 0. The molecule has 0 saturated carbocycles. The largest absolute Gasteiger partial charge is 0.341 e. The van der Waals surface area contributed by atoms with Gasteiger partial charge in [0.15, 0.2) is 0 Å². The van der Waals surface area contributed by atoms with Crippen LogP contribution in [0, 0.1) is 12.8 Å². The number of anilines is 1. The number of carbonyl (C=O) groups excluding carboxylic acids is 2. The van der Waals surface area contributed by atoms with Crippen LogP contribution in [-0.4, -0.2) is 35.8 Å². The maximum atomic E-state index is 12.9. The van der Waals surface area contributed by atoms with Gasteiger partial charge in [0, 0.05) is 25.2 Å². The highest BCUT2D eigenvalue weighted by Gasteiger charge is 2.39. The highest BCUT2D eigenvalue weighted by atomic mass is 16.2. The van der Waals surface area contributed by atoms with Gasteiger partial charge in [0.2, 0.25) is 11.8 Å². The summed E-state index contributed by atoms with van der Waals surface area (Å²) in [5.41, 5.74) is 2.00. The number of amides is 2. The molecule has 118 valence electrons. The van der Waals surface area contributed by atoms with E-state index in [4.69, 9.17) is 0 Å². The van der Waals surface area contributed by atoms with Crippen LogP contribution in [0.5, 0.6) is 0 Å². The van der Waals surface area contributed by atoms with Crippen molar-refractivity contribution in [1.29, 1.82) is 0 Å². The molecule has 4 nitrogen and oxygen atoms in total. The standard InChI is InChI=1S/C18H24N2O2/c1-13-5-7-15(8-6-13)20-16(9-10-17(20)21)18(22)19-11-3-4-14(2)12-19/h5-8,14,16H,3-4,9-12H2,1-2H3. The number of likely N-dealkylation sites (tertiary alicyclic amines) is 1. The van der Waals surface area contributed by atoms with Gasteiger partial charge in [-0.15, -0.1) is 0 Å². The maximum Gasteiger partial charge on any atom is 0.245 e. The normalized spacial score (nSPS) is 25.6. The third kappa shape index (κ3) is 2.87. The van der Waals surface area contributed by atoms with Crippen LogP contribution in [0.2, 0.25) is 0 Å². The quantitative estimate of drug-likeness (QED) is 0.842. The Labute approximate surface area is 132 Å². The first-order chi connectivity index (χ1) is 10.6. The van der Waals surface area contributed by atoms with Crippen LogP contribution in [0.3, 0.4) is 0 Å². The lowest BCUT2D eigenvalue weighted by atomic mass is 9.99. The first-order valence-electron chi connectivity index (χ1n) is 8.24. The van der Waals surface area contributed by atoms with E-state index in [1.807, 2.05) is 36.1 Å². The second-order valence-electron chi connectivity index (χ2n) is 6.69. The molecule has 2 saturated heterocycles. The Kier molecular flexibility index (Phi) is 4.19. The fourth-order valence-corrected chi connectivity index (χ4v) is 3.55.